The van der Waals surface area contributed by atoms with E-state index in [1.807, 2.05) is 30.3 Å². The second-order valence-electron chi connectivity index (χ2n) is 8.27. The highest BCUT2D eigenvalue weighted by atomic mass is 35.5. The number of carbonyl (C=O) groups is 1. The molecule has 0 aliphatic heterocycles. The SMILES string of the molecule is CC(C)c1ccc(OCc2cccc(C(=O)Nc3ccn(Cc4c(Cl)cccc4Cl)n3)c2)cc1. The fourth-order valence-electron chi connectivity index (χ4n) is 3.47. The van der Waals surface area contributed by atoms with Gasteiger partial charge in [0.2, 0.25) is 0 Å². The molecule has 4 aromatic rings. The van der Waals surface area contributed by atoms with Crippen LogP contribution in [0.1, 0.15) is 46.8 Å². The van der Waals surface area contributed by atoms with Crippen molar-refractivity contribution < 1.29 is 9.53 Å². The summed E-state index contributed by atoms with van der Waals surface area (Å²) in [6.45, 7) is 5.09. The molecular formula is C27H25Cl2N3O2. The molecule has 7 heteroatoms. The van der Waals surface area contributed by atoms with E-state index in [4.69, 9.17) is 27.9 Å². The molecule has 1 N–H and O–H groups in total. The smallest absolute Gasteiger partial charge is 0.256 e. The Bertz CT molecular complexity index is 1260. The molecule has 0 atom stereocenters. The number of amides is 1. The lowest BCUT2D eigenvalue weighted by molar-refractivity contribution is 0.102. The van der Waals surface area contributed by atoms with Crippen LogP contribution in [0.3, 0.4) is 0 Å². The van der Waals surface area contributed by atoms with Crippen molar-refractivity contribution >= 4 is 34.9 Å². The molecule has 0 saturated carbocycles. The first-order valence-corrected chi connectivity index (χ1v) is 11.7. The van der Waals surface area contributed by atoms with Crippen LogP contribution in [0.25, 0.3) is 0 Å². The largest absolute Gasteiger partial charge is 0.489 e. The topological polar surface area (TPSA) is 56.1 Å². The number of carbonyl (C=O) groups excluding carboxylic acids is 1. The summed E-state index contributed by atoms with van der Waals surface area (Å²) in [7, 11) is 0. The van der Waals surface area contributed by atoms with E-state index in [2.05, 4.69) is 36.4 Å². The number of ether oxygens (including phenoxy) is 1. The Labute approximate surface area is 209 Å². The molecule has 1 aromatic heterocycles. The molecule has 0 bridgehead atoms. The average molecular weight is 494 g/mol. The molecule has 0 aliphatic rings. The molecule has 34 heavy (non-hydrogen) atoms. The Hall–Kier alpha value is -3.28. The maximum Gasteiger partial charge on any atom is 0.256 e. The predicted octanol–water partition coefficient (Wildman–Crippen LogP) is 7.19. The van der Waals surface area contributed by atoms with E-state index in [9.17, 15) is 4.79 Å². The van der Waals surface area contributed by atoms with Crippen molar-refractivity contribution in [3.8, 4) is 5.75 Å². The van der Waals surface area contributed by atoms with Crippen LogP contribution in [0.15, 0.2) is 79.0 Å². The van der Waals surface area contributed by atoms with Gasteiger partial charge in [-0.2, -0.15) is 5.10 Å². The maximum atomic E-state index is 12.8. The van der Waals surface area contributed by atoms with Crippen LogP contribution in [0.5, 0.6) is 5.75 Å². The van der Waals surface area contributed by atoms with Crippen molar-refractivity contribution in [1.29, 1.82) is 0 Å². The summed E-state index contributed by atoms with van der Waals surface area (Å²) in [6.07, 6.45) is 1.77. The second kappa shape index (κ2) is 10.8. The van der Waals surface area contributed by atoms with Gasteiger partial charge < -0.3 is 10.1 Å². The second-order valence-corrected chi connectivity index (χ2v) is 9.08. The molecular weight excluding hydrogens is 469 g/mol. The van der Waals surface area contributed by atoms with E-state index in [1.165, 1.54) is 5.56 Å². The van der Waals surface area contributed by atoms with Crippen molar-refractivity contribution in [3.05, 3.63) is 111 Å². The van der Waals surface area contributed by atoms with Crippen LogP contribution in [-0.2, 0) is 13.2 Å². The quantitative estimate of drug-likeness (QED) is 0.282. The van der Waals surface area contributed by atoms with E-state index in [0.717, 1.165) is 16.9 Å². The highest BCUT2D eigenvalue weighted by Gasteiger charge is 2.11. The number of nitrogens with zero attached hydrogens (tertiary/aromatic N) is 2. The van der Waals surface area contributed by atoms with Crippen LogP contribution in [-0.4, -0.2) is 15.7 Å². The summed E-state index contributed by atoms with van der Waals surface area (Å²) in [5, 5.41) is 8.39. The summed E-state index contributed by atoms with van der Waals surface area (Å²) in [5.41, 5.74) is 3.47. The summed E-state index contributed by atoms with van der Waals surface area (Å²) in [5.74, 6) is 1.47. The molecule has 0 spiro atoms. The summed E-state index contributed by atoms with van der Waals surface area (Å²) < 4.78 is 7.57. The van der Waals surface area contributed by atoms with Crippen molar-refractivity contribution in [2.75, 3.05) is 5.32 Å². The zero-order chi connectivity index (χ0) is 24.1. The van der Waals surface area contributed by atoms with Crippen molar-refractivity contribution in [2.45, 2.75) is 32.9 Å². The van der Waals surface area contributed by atoms with Gasteiger partial charge in [-0.05, 0) is 53.4 Å². The third kappa shape index (κ3) is 5.99. The van der Waals surface area contributed by atoms with E-state index in [-0.39, 0.29) is 5.91 Å². The zero-order valence-electron chi connectivity index (χ0n) is 19.0. The fraction of sp³-hybridized carbons (Fsp3) is 0.185. The molecule has 3 aromatic carbocycles. The molecule has 1 heterocycles. The van der Waals surface area contributed by atoms with E-state index in [1.54, 1.807) is 41.2 Å². The Morgan fingerprint density at radius 3 is 2.41 bits per heavy atom. The lowest BCUT2D eigenvalue weighted by Crippen LogP contribution is -2.13. The molecule has 0 unspecified atom stereocenters. The molecule has 0 fully saturated rings. The minimum Gasteiger partial charge on any atom is -0.489 e. The van der Waals surface area contributed by atoms with Gasteiger partial charge in [0, 0.05) is 33.4 Å². The van der Waals surface area contributed by atoms with Crippen molar-refractivity contribution in [3.63, 3.8) is 0 Å². The summed E-state index contributed by atoms with van der Waals surface area (Å²) >= 11 is 12.5. The highest BCUT2D eigenvalue weighted by Crippen LogP contribution is 2.25. The number of rotatable bonds is 8. The number of halogens is 2. The van der Waals surface area contributed by atoms with Crippen molar-refractivity contribution in [2.24, 2.45) is 0 Å². The molecule has 174 valence electrons. The monoisotopic (exact) mass is 493 g/mol. The third-order valence-corrected chi connectivity index (χ3v) is 6.11. The minimum absolute atomic E-state index is 0.246. The highest BCUT2D eigenvalue weighted by molar-refractivity contribution is 6.35. The van der Waals surface area contributed by atoms with Crippen LogP contribution in [0.2, 0.25) is 10.0 Å². The lowest BCUT2D eigenvalue weighted by atomic mass is 10.0. The van der Waals surface area contributed by atoms with Gasteiger partial charge in [-0.15, -0.1) is 0 Å². The van der Waals surface area contributed by atoms with Gasteiger partial charge in [0.15, 0.2) is 5.82 Å². The van der Waals surface area contributed by atoms with Crippen LogP contribution >= 0.6 is 23.2 Å². The van der Waals surface area contributed by atoms with Gasteiger partial charge in [0.25, 0.3) is 5.91 Å². The number of anilines is 1. The maximum absolute atomic E-state index is 12.8. The Morgan fingerprint density at radius 1 is 1.00 bits per heavy atom. The van der Waals surface area contributed by atoms with Gasteiger partial charge in [0.05, 0.1) is 6.54 Å². The standard InChI is InChI=1S/C27H25Cl2N3O2/c1-18(2)20-9-11-22(12-10-20)34-17-19-5-3-6-21(15-19)27(33)30-26-13-14-32(31-26)16-23-24(28)7-4-8-25(23)29/h3-15,18H,16-17H2,1-2H3,(H,30,31,33). The first-order valence-electron chi connectivity index (χ1n) is 11.0. The molecule has 0 saturated heterocycles. The fourth-order valence-corrected chi connectivity index (χ4v) is 3.99. The minimum atomic E-state index is -0.246. The number of nitrogens with one attached hydrogen (secondary N) is 1. The number of benzene rings is 3. The zero-order valence-corrected chi connectivity index (χ0v) is 20.5. The number of hydrogen-bond donors (Lipinski definition) is 1. The van der Waals surface area contributed by atoms with E-state index < -0.39 is 0 Å². The van der Waals surface area contributed by atoms with Gasteiger partial charge in [-0.3, -0.25) is 9.48 Å². The van der Waals surface area contributed by atoms with Crippen LogP contribution < -0.4 is 10.1 Å². The summed E-state index contributed by atoms with van der Waals surface area (Å²) in [6, 6.07) is 22.5. The number of hydrogen-bond acceptors (Lipinski definition) is 3. The third-order valence-electron chi connectivity index (χ3n) is 5.41. The molecule has 5 nitrogen and oxygen atoms in total. The first kappa shape index (κ1) is 23.9. The van der Waals surface area contributed by atoms with E-state index >= 15 is 0 Å². The molecule has 1 amide bonds. The Balaban J connectivity index is 1.37. The number of aromatic nitrogens is 2. The molecule has 0 aliphatic carbocycles. The Morgan fingerprint density at radius 2 is 1.71 bits per heavy atom. The average Bonchev–Trinajstić information content (AvgIpc) is 3.27. The van der Waals surface area contributed by atoms with Gasteiger partial charge in [0.1, 0.15) is 12.4 Å². The molecule has 4 rings (SSSR count). The Kier molecular flexibility index (Phi) is 7.56. The first-order chi connectivity index (χ1) is 16.4. The van der Waals surface area contributed by atoms with Crippen LogP contribution in [0.4, 0.5) is 5.82 Å². The predicted molar refractivity (Wildman–Crippen MR) is 137 cm³/mol. The van der Waals surface area contributed by atoms with Crippen LogP contribution in [0, 0.1) is 0 Å². The van der Waals surface area contributed by atoms with Gasteiger partial charge >= 0.3 is 0 Å². The van der Waals surface area contributed by atoms with E-state index in [0.29, 0.717) is 40.5 Å². The lowest BCUT2D eigenvalue weighted by Gasteiger charge is -2.10. The van der Waals surface area contributed by atoms with Gasteiger partial charge in [-0.1, -0.05) is 67.4 Å². The van der Waals surface area contributed by atoms with Gasteiger partial charge in [-0.25, -0.2) is 0 Å². The molecule has 0 radical (unpaired) electrons. The normalized spacial score (nSPS) is 11.0. The van der Waals surface area contributed by atoms with Crippen molar-refractivity contribution in [1.82, 2.24) is 9.78 Å². The summed E-state index contributed by atoms with van der Waals surface area (Å²) in [4.78, 5) is 12.8.